The molecule has 144 valence electrons. The van der Waals surface area contributed by atoms with Crippen LogP contribution in [0.5, 0.6) is 11.5 Å². The Labute approximate surface area is 158 Å². The third-order valence-electron chi connectivity index (χ3n) is 5.38. The molecule has 4 rings (SSSR count). The molecule has 0 unspecified atom stereocenters. The second-order valence-corrected chi connectivity index (χ2v) is 8.87. The molecule has 1 fully saturated rings. The normalized spacial score (nSPS) is 18.8. The monoisotopic (exact) mass is 390 g/mol. The van der Waals surface area contributed by atoms with Crippen LogP contribution in [-0.4, -0.2) is 29.4 Å². The predicted octanol–water partition coefficient (Wildman–Crippen LogP) is 3.16. The van der Waals surface area contributed by atoms with Gasteiger partial charge in [-0.1, -0.05) is 6.42 Å². The predicted molar refractivity (Wildman–Crippen MR) is 97.6 cm³/mol. The molecular formula is C19H22N2O5S. The molecule has 2 heterocycles. The molecule has 0 atom stereocenters. The van der Waals surface area contributed by atoms with Gasteiger partial charge >= 0.3 is 10.1 Å². The van der Waals surface area contributed by atoms with Crippen molar-refractivity contribution in [1.82, 2.24) is 9.55 Å². The van der Waals surface area contributed by atoms with E-state index in [1.165, 1.54) is 18.3 Å². The molecule has 0 amide bonds. The average Bonchev–Trinajstić information content (AvgIpc) is 2.95. The van der Waals surface area contributed by atoms with E-state index >= 15 is 0 Å². The lowest BCUT2D eigenvalue weighted by molar-refractivity contribution is 0.0135. The van der Waals surface area contributed by atoms with Gasteiger partial charge in [-0.2, -0.15) is 8.42 Å². The van der Waals surface area contributed by atoms with Crippen LogP contribution in [-0.2, 0) is 17.2 Å². The van der Waals surface area contributed by atoms with Crippen LogP contribution in [0.15, 0.2) is 29.4 Å². The SMILES string of the molecule is Cc1nc(S(=O)(=O)Oc2ccc3c(c2)OC2(CCCCC2)CC3=O)cn1C. The number of rotatable bonds is 3. The van der Waals surface area contributed by atoms with E-state index < -0.39 is 15.7 Å². The molecule has 1 aliphatic carbocycles. The molecule has 1 aromatic heterocycles. The molecule has 0 N–H and O–H groups in total. The Morgan fingerprint density at radius 3 is 2.63 bits per heavy atom. The van der Waals surface area contributed by atoms with Crippen molar-refractivity contribution >= 4 is 15.9 Å². The lowest BCUT2D eigenvalue weighted by atomic mass is 9.78. The van der Waals surface area contributed by atoms with Gasteiger partial charge in [-0.25, -0.2) is 4.98 Å². The van der Waals surface area contributed by atoms with Crippen LogP contribution in [0, 0.1) is 6.92 Å². The van der Waals surface area contributed by atoms with E-state index in [1.807, 2.05) is 0 Å². The summed E-state index contributed by atoms with van der Waals surface area (Å²) in [5.74, 6) is 1.11. The number of carbonyl (C=O) groups excluding carboxylic acids is 1. The average molecular weight is 390 g/mol. The van der Waals surface area contributed by atoms with Crippen molar-refractivity contribution in [2.45, 2.75) is 56.1 Å². The number of hydrogen-bond acceptors (Lipinski definition) is 6. The van der Waals surface area contributed by atoms with Crippen LogP contribution in [0.2, 0.25) is 0 Å². The van der Waals surface area contributed by atoms with E-state index in [-0.39, 0.29) is 16.6 Å². The fraction of sp³-hybridized carbons (Fsp3) is 0.474. The highest BCUT2D eigenvalue weighted by atomic mass is 32.2. The largest absolute Gasteiger partial charge is 0.486 e. The Morgan fingerprint density at radius 2 is 1.96 bits per heavy atom. The number of ether oxygens (including phenoxy) is 1. The number of aromatic nitrogens is 2. The van der Waals surface area contributed by atoms with Gasteiger partial charge in [-0.3, -0.25) is 4.79 Å². The Hall–Kier alpha value is -2.35. The molecule has 0 radical (unpaired) electrons. The van der Waals surface area contributed by atoms with E-state index in [9.17, 15) is 13.2 Å². The van der Waals surface area contributed by atoms with Crippen LogP contribution >= 0.6 is 0 Å². The van der Waals surface area contributed by atoms with E-state index in [1.54, 1.807) is 24.6 Å². The fourth-order valence-corrected chi connectivity index (χ4v) is 4.79. The van der Waals surface area contributed by atoms with Gasteiger partial charge in [0.2, 0.25) is 5.03 Å². The van der Waals surface area contributed by atoms with Gasteiger partial charge in [-0.15, -0.1) is 0 Å². The zero-order valence-electron chi connectivity index (χ0n) is 15.4. The first-order valence-electron chi connectivity index (χ1n) is 9.09. The Bertz CT molecular complexity index is 984. The first-order valence-corrected chi connectivity index (χ1v) is 10.5. The highest BCUT2D eigenvalue weighted by molar-refractivity contribution is 7.87. The second kappa shape index (κ2) is 6.37. The van der Waals surface area contributed by atoms with Gasteiger partial charge in [0.05, 0.1) is 12.0 Å². The molecule has 0 saturated heterocycles. The van der Waals surface area contributed by atoms with Gasteiger partial charge < -0.3 is 13.5 Å². The van der Waals surface area contributed by atoms with Crippen molar-refractivity contribution in [2.75, 3.05) is 0 Å². The number of nitrogens with zero attached hydrogens (tertiary/aromatic N) is 2. The zero-order valence-corrected chi connectivity index (χ0v) is 16.2. The van der Waals surface area contributed by atoms with Gasteiger partial charge in [-0.05, 0) is 44.7 Å². The first kappa shape index (κ1) is 18.0. The van der Waals surface area contributed by atoms with E-state index in [4.69, 9.17) is 8.92 Å². The maximum atomic E-state index is 12.6. The number of ketones is 1. The van der Waals surface area contributed by atoms with Gasteiger partial charge in [0.1, 0.15) is 22.9 Å². The third kappa shape index (κ3) is 3.34. The summed E-state index contributed by atoms with van der Waals surface area (Å²) in [6, 6.07) is 4.55. The van der Waals surface area contributed by atoms with Gasteiger partial charge in [0, 0.05) is 19.3 Å². The summed E-state index contributed by atoms with van der Waals surface area (Å²) in [7, 11) is -2.35. The molecule has 27 heavy (non-hydrogen) atoms. The Morgan fingerprint density at radius 1 is 1.22 bits per heavy atom. The topological polar surface area (TPSA) is 87.5 Å². The van der Waals surface area contributed by atoms with Crippen molar-refractivity contribution in [1.29, 1.82) is 0 Å². The summed E-state index contributed by atoms with van der Waals surface area (Å²) in [5, 5.41) is -0.152. The summed E-state index contributed by atoms with van der Waals surface area (Å²) in [6.07, 6.45) is 6.69. The number of benzene rings is 1. The summed E-state index contributed by atoms with van der Waals surface area (Å²) in [6.45, 7) is 1.71. The molecule has 8 heteroatoms. The van der Waals surface area contributed by atoms with Gasteiger partial charge in [0.25, 0.3) is 0 Å². The van der Waals surface area contributed by atoms with Crippen molar-refractivity contribution in [3.8, 4) is 11.5 Å². The summed E-state index contributed by atoms with van der Waals surface area (Å²) >= 11 is 0. The van der Waals surface area contributed by atoms with E-state index in [0.29, 0.717) is 23.6 Å². The number of Topliss-reactive ketones (excluding diaryl/α,β-unsaturated/α-hetero) is 1. The van der Waals surface area contributed by atoms with Crippen LogP contribution in [0.25, 0.3) is 0 Å². The molecule has 2 aromatic rings. The number of hydrogen-bond donors (Lipinski definition) is 0. The number of fused-ring (bicyclic) bond motifs is 1. The smallest absolute Gasteiger partial charge is 0.358 e. The quantitative estimate of drug-likeness (QED) is 0.748. The summed E-state index contributed by atoms with van der Waals surface area (Å²) < 4.78 is 38.0. The highest BCUT2D eigenvalue weighted by Gasteiger charge is 2.41. The molecule has 7 nitrogen and oxygen atoms in total. The lowest BCUT2D eigenvalue weighted by Gasteiger charge is -2.40. The first-order chi connectivity index (χ1) is 12.8. The van der Waals surface area contributed by atoms with Crippen LogP contribution in [0.1, 0.15) is 54.7 Å². The number of aryl methyl sites for hydroxylation is 2. The molecule has 1 saturated carbocycles. The Kier molecular flexibility index (Phi) is 4.25. The molecule has 1 aromatic carbocycles. The minimum absolute atomic E-state index is 0.0351. The third-order valence-corrected chi connectivity index (χ3v) is 6.50. The Balaban J connectivity index is 1.63. The van der Waals surface area contributed by atoms with Crippen molar-refractivity contribution in [2.24, 2.45) is 7.05 Å². The summed E-state index contributed by atoms with van der Waals surface area (Å²) in [4.78, 5) is 16.6. The number of carbonyl (C=O) groups is 1. The van der Waals surface area contributed by atoms with Gasteiger partial charge in [0.15, 0.2) is 5.78 Å². The van der Waals surface area contributed by atoms with E-state index in [0.717, 1.165) is 32.1 Å². The maximum absolute atomic E-state index is 12.6. The van der Waals surface area contributed by atoms with Crippen LogP contribution < -0.4 is 8.92 Å². The standard InChI is InChI=1S/C19H22N2O5S/c1-13-20-18(12-21(13)2)27(23,24)26-14-6-7-15-16(22)11-19(25-17(15)10-14)8-4-3-5-9-19/h6-7,10,12H,3-5,8-9,11H2,1-2H3. The lowest BCUT2D eigenvalue weighted by Crippen LogP contribution is -2.43. The fourth-order valence-electron chi connectivity index (χ4n) is 3.82. The van der Waals surface area contributed by atoms with Crippen molar-refractivity contribution in [3.63, 3.8) is 0 Å². The maximum Gasteiger partial charge on any atom is 0.358 e. The molecule has 1 aliphatic heterocycles. The van der Waals surface area contributed by atoms with Crippen LogP contribution in [0.3, 0.4) is 0 Å². The minimum atomic E-state index is -4.06. The number of imidazole rings is 1. The molecule has 1 spiro atoms. The van der Waals surface area contributed by atoms with Crippen molar-refractivity contribution < 1.29 is 22.1 Å². The molecule has 2 aliphatic rings. The van der Waals surface area contributed by atoms with Crippen molar-refractivity contribution in [3.05, 3.63) is 35.8 Å². The molecule has 0 bridgehead atoms. The highest BCUT2D eigenvalue weighted by Crippen LogP contribution is 2.43. The van der Waals surface area contributed by atoms with E-state index in [2.05, 4.69) is 4.98 Å². The van der Waals surface area contributed by atoms with Crippen LogP contribution in [0.4, 0.5) is 0 Å². The summed E-state index contributed by atoms with van der Waals surface area (Å²) in [5.41, 5.74) is 0.0161. The second-order valence-electron chi connectivity index (χ2n) is 7.38. The zero-order chi connectivity index (χ0) is 19.2. The molecular weight excluding hydrogens is 368 g/mol. The minimum Gasteiger partial charge on any atom is -0.486 e.